The summed E-state index contributed by atoms with van der Waals surface area (Å²) in [4.78, 5) is 14.5. The van der Waals surface area contributed by atoms with Gasteiger partial charge in [-0.1, -0.05) is 13.8 Å². The van der Waals surface area contributed by atoms with E-state index < -0.39 is 23.3 Å². The van der Waals surface area contributed by atoms with Crippen LogP contribution in [-0.2, 0) is 6.18 Å². The van der Waals surface area contributed by atoms with Crippen molar-refractivity contribution in [3.63, 3.8) is 0 Å². The summed E-state index contributed by atoms with van der Waals surface area (Å²) in [7, 11) is 1.36. The molecular weight excluding hydrogens is 377 g/mol. The molecule has 11 heteroatoms. The molecule has 2 aromatic rings. The first-order chi connectivity index (χ1) is 13.2. The molecule has 2 rings (SSSR count). The molecule has 0 saturated carbocycles. The molecule has 0 aliphatic rings. The van der Waals surface area contributed by atoms with Gasteiger partial charge in [0.05, 0.1) is 18.9 Å². The maximum atomic E-state index is 13.6. The number of rotatable bonds is 8. The fraction of sp³-hybridized carbons (Fsp3) is 0.529. The van der Waals surface area contributed by atoms with Crippen LogP contribution in [0.3, 0.4) is 0 Å². The number of likely N-dealkylation sites (N-methyl/N-ethyl adjacent to an activating group) is 1. The van der Waals surface area contributed by atoms with Crippen LogP contribution >= 0.6 is 0 Å². The third-order valence-corrected chi connectivity index (χ3v) is 4.33. The normalized spacial score (nSPS) is 12.9. The molecular formula is C17H23F3N6O2. The number of nitrogens with one attached hydrogen (secondary N) is 1. The smallest absolute Gasteiger partial charge is 0.434 e. The van der Waals surface area contributed by atoms with Gasteiger partial charge in [-0.2, -0.15) is 18.3 Å². The van der Waals surface area contributed by atoms with E-state index in [0.29, 0.717) is 4.68 Å². The molecule has 0 aliphatic carbocycles. The molecule has 1 amide bonds. The monoisotopic (exact) mass is 400 g/mol. The fourth-order valence-electron chi connectivity index (χ4n) is 2.81. The van der Waals surface area contributed by atoms with E-state index in [0.717, 1.165) is 19.3 Å². The maximum absolute atomic E-state index is 13.6. The summed E-state index contributed by atoms with van der Waals surface area (Å²) in [5.74, 6) is -0.879. The summed E-state index contributed by atoms with van der Waals surface area (Å²) >= 11 is 0. The van der Waals surface area contributed by atoms with Crippen LogP contribution < -0.4 is 10.1 Å². The molecule has 0 bridgehead atoms. The van der Waals surface area contributed by atoms with Gasteiger partial charge in [-0.05, 0) is 26.1 Å². The maximum Gasteiger partial charge on any atom is 0.434 e. The van der Waals surface area contributed by atoms with Gasteiger partial charge in [0.1, 0.15) is 0 Å². The molecule has 0 aromatic carbocycles. The van der Waals surface area contributed by atoms with E-state index in [4.69, 9.17) is 4.74 Å². The summed E-state index contributed by atoms with van der Waals surface area (Å²) < 4.78 is 46.3. The second-order valence-electron chi connectivity index (χ2n) is 6.03. The molecule has 154 valence electrons. The zero-order valence-electron chi connectivity index (χ0n) is 16.1. The minimum absolute atomic E-state index is 0.0178. The lowest BCUT2D eigenvalue weighted by molar-refractivity contribution is -0.143. The highest BCUT2D eigenvalue weighted by Gasteiger charge is 2.41. The standard InChI is InChI=1S/C17H23F3N6O2/c1-5-25(6-2)11(3)9-21-16(27)12-10-22-26(15(12)17(18,19)20)13-7-8-14(28-4)24-23-13/h7-8,10-11H,5-6,9H2,1-4H3,(H,21,27). The number of ether oxygens (including phenoxy) is 1. The molecule has 0 fully saturated rings. The third kappa shape index (κ3) is 4.77. The number of carbonyl (C=O) groups excluding carboxylic acids is 1. The van der Waals surface area contributed by atoms with Crippen molar-refractivity contribution < 1.29 is 22.7 Å². The van der Waals surface area contributed by atoms with Crippen LogP contribution in [0.2, 0.25) is 0 Å². The minimum Gasteiger partial charge on any atom is -0.480 e. The van der Waals surface area contributed by atoms with Crippen molar-refractivity contribution in [3.8, 4) is 11.7 Å². The van der Waals surface area contributed by atoms with Gasteiger partial charge in [-0.25, -0.2) is 4.68 Å². The minimum atomic E-state index is -4.81. The topological polar surface area (TPSA) is 85.2 Å². The number of amides is 1. The zero-order valence-corrected chi connectivity index (χ0v) is 16.1. The van der Waals surface area contributed by atoms with Crippen molar-refractivity contribution in [2.75, 3.05) is 26.7 Å². The summed E-state index contributed by atoms with van der Waals surface area (Å²) in [6.07, 6.45) is -3.93. The average molecular weight is 400 g/mol. The molecule has 0 saturated heterocycles. The Hall–Kier alpha value is -2.69. The SMILES string of the molecule is CCN(CC)C(C)CNC(=O)c1cnn(-c2ccc(OC)nn2)c1C(F)(F)F. The second kappa shape index (κ2) is 9.00. The Morgan fingerprint density at radius 2 is 1.96 bits per heavy atom. The lowest BCUT2D eigenvalue weighted by Crippen LogP contribution is -2.42. The average Bonchev–Trinajstić information content (AvgIpc) is 3.13. The molecule has 0 spiro atoms. The highest BCUT2D eigenvalue weighted by Crippen LogP contribution is 2.33. The van der Waals surface area contributed by atoms with Crippen molar-refractivity contribution in [1.29, 1.82) is 0 Å². The highest BCUT2D eigenvalue weighted by atomic mass is 19.4. The van der Waals surface area contributed by atoms with Crippen LogP contribution in [0.15, 0.2) is 18.3 Å². The van der Waals surface area contributed by atoms with Crippen LogP contribution in [0.4, 0.5) is 13.2 Å². The largest absolute Gasteiger partial charge is 0.480 e. The quantitative estimate of drug-likeness (QED) is 0.731. The fourth-order valence-corrected chi connectivity index (χ4v) is 2.81. The summed E-state index contributed by atoms with van der Waals surface area (Å²) in [5.41, 5.74) is -1.78. The number of aromatic nitrogens is 4. The van der Waals surface area contributed by atoms with Crippen LogP contribution in [0.1, 0.15) is 36.8 Å². The Labute approximate surface area is 160 Å². The molecule has 0 aliphatic heterocycles. The Kier molecular flexibility index (Phi) is 6.95. The van der Waals surface area contributed by atoms with E-state index in [1.807, 2.05) is 20.8 Å². The summed E-state index contributed by atoms with van der Waals surface area (Å²) in [5, 5.41) is 13.6. The molecule has 1 atom stereocenters. The van der Waals surface area contributed by atoms with Crippen molar-refractivity contribution >= 4 is 5.91 Å². The number of methoxy groups -OCH3 is 1. The van der Waals surface area contributed by atoms with E-state index in [2.05, 4.69) is 25.5 Å². The summed E-state index contributed by atoms with van der Waals surface area (Å²) in [6.45, 7) is 7.61. The van der Waals surface area contributed by atoms with Gasteiger partial charge in [-0.15, -0.1) is 10.2 Å². The highest BCUT2D eigenvalue weighted by molar-refractivity contribution is 5.95. The first-order valence-corrected chi connectivity index (χ1v) is 8.78. The molecule has 8 nitrogen and oxygen atoms in total. The third-order valence-electron chi connectivity index (χ3n) is 4.33. The Morgan fingerprint density at radius 1 is 1.29 bits per heavy atom. The molecule has 0 radical (unpaired) electrons. The summed E-state index contributed by atoms with van der Waals surface area (Å²) in [6, 6.07) is 2.62. The zero-order chi connectivity index (χ0) is 20.9. The number of alkyl halides is 3. The van der Waals surface area contributed by atoms with Gasteiger partial charge >= 0.3 is 6.18 Å². The Morgan fingerprint density at radius 3 is 2.46 bits per heavy atom. The lowest BCUT2D eigenvalue weighted by Gasteiger charge is -2.26. The van der Waals surface area contributed by atoms with Gasteiger partial charge in [0, 0.05) is 18.7 Å². The van der Waals surface area contributed by atoms with Crippen LogP contribution in [0, 0.1) is 0 Å². The molecule has 1 unspecified atom stereocenters. The van der Waals surface area contributed by atoms with E-state index in [-0.39, 0.29) is 24.3 Å². The Bertz CT molecular complexity index is 787. The Balaban J connectivity index is 2.29. The second-order valence-corrected chi connectivity index (χ2v) is 6.03. The van der Waals surface area contributed by atoms with Crippen LogP contribution in [0.25, 0.3) is 5.82 Å². The first kappa shape index (κ1) is 21.6. The molecule has 2 aromatic heterocycles. The van der Waals surface area contributed by atoms with Crippen molar-refractivity contribution in [2.24, 2.45) is 0 Å². The van der Waals surface area contributed by atoms with Crippen molar-refractivity contribution in [3.05, 3.63) is 29.6 Å². The van der Waals surface area contributed by atoms with Crippen molar-refractivity contribution in [2.45, 2.75) is 33.0 Å². The van der Waals surface area contributed by atoms with Crippen LogP contribution in [0.5, 0.6) is 5.88 Å². The van der Waals surface area contributed by atoms with Crippen molar-refractivity contribution in [1.82, 2.24) is 30.2 Å². The van der Waals surface area contributed by atoms with Gasteiger partial charge < -0.3 is 10.1 Å². The van der Waals surface area contributed by atoms with E-state index in [9.17, 15) is 18.0 Å². The first-order valence-electron chi connectivity index (χ1n) is 8.78. The number of hydrogen-bond acceptors (Lipinski definition) is 6. The molecule has 28 heavy (non-hydrogen) atoms. The predicted molar refractivity (Wildman–Crippen MR) is 95.4 cm³/mol. The lowest BCUT2D eigenvalue weighted by atomic mass is 10.2. The van der Waals surface area contributed by atoms with E-state index >= 15 is 0 Å². The number of carbonyl (C=O) groups is 1. The number of halogens is 3. The predicted octanol–water partition coefficient (Wildman–Crippen LogP) is 2.15. The van der Waals surface area contributed by atoms with Gasteiger partial charge in [0.2, 0.25) is 5.88 Å². The number of nitrogens with zero attached hydrogens (tertiary/aromatic N) is 5. The van der Waals surface area contributed by atoms with Gasteiger partial charge in [0.15, 0.2) is 11.5 Å². The molecule has 2 heterocycles. The number of hydrogen-bond donors (Lipinski definition) is 1. The van der Waals surface area contributed by atoms with E-state index in [1.165, 1.54) is 19.2 Å². The van der Waals surface area contributed by atoms with Crippen LogP contribution in [-0.4, -0.2) is 63.6 Å². The van der Waals surface area contributed by atoms with Gasteiger partial charge in [-0.3, -0.25) is 9.69 Å². The van der Waals surface area contributed by atoms with E-state index in [1.54, 1.807) is 0 Å². The van der Waals surface area contributed by atoms with Gasteiger partial charge in [0.25, 0.3) is 5.91 Å². The molecule has 1 N–H and O–H groups in total.